The monoisotopic (exact) mass is 345 g/mol. The maximum absolute atomic E-state index is 13.6. The molecule has 0 bridgehead atoms. The van der Waals surface area contributed by atoms with Crippen LogP contribution in [-0.2, 0) is 6.42 Å². The molecule has 0 atom stereocenters. The van der Waals surface area contributed by atoms with E-state index in [2.05, 4.69) is 30.2 Å². The van der Waals surface area contributed by atoms with Gasteiger partial charge in [0.15, 0.2) is 22.5 Å². The van der Waals surface area contributed by atoms with Crippen molar-refractivity contribution < 1.29 is 4.39 Å². The molecule has 0 amide bonds. The lowest BCUT2D eigenvalue weighted by molar-refractivity contribution is 0.612. The summed E-state index contributed by atoms with van der Waals surface area (Å²) in [5.41, 5.74) is 0.935. The highest BCUT2D eigenvalue weighted by Crippen LogP contribution is 2.20. The first-order chi connectivity index (χ1) is 11.6. The predicted octanol–water partition coefficient (Wildman–Crippen LogP) is 2.25. The molecule has 3 heterocycles. The zero-order valence-electron chi connectivity index (χ0n) is 13.3. The number of hydrogen-bond donors (Lipinski definition) is 1. The van der Waals surface area contributed by atoms with E-state index >= 15 is 0 Å². The Balaban J connectivity index is 1.59. The molecular weight excluding hydrogens is 329 g/mol. The van der Waals surface area contributed by atoms with Crippen LogP contribution in [0.2, 0.25) is 0 Å². The van der Waals surface area contributed by atoms with Crippen molar-refractivity contribution in [2.45, 2.75) is 6.42 Å². The Hall–Kier alpha value is -2.68. The highest BCUT2D eigenvalue weighted by atomic mass is 32.1. The number of halogens is 1. The third-order valence-corrected chi connectivity index (χ3v) is 4.01. The molecular formula is C15H16FN7S. The van der Waals surface area contributed by atoms with Crippen LogP contribution in [0.25, 0.3) is 10.8 Å². The molecule has 0 fully saturated rings. The standard InChI is InChI=1S/C15H16FN7S/c1-23(2)13-11(16)8-20-15(22-13)19-7-4-10-9-24-14(21-10)12-17-5-3-6-18-12/h3,5-6,8-9H,4,7H2,1-2H3,(H,19,20,22). The summed E-state index contributed by atoms with van der Waals surface area (Å²) in [4.78, 5) is 22.6. The van der Waals surface area contributed by atoms with Crippen LogP contribution in [-0.4, -0.2) is 45.6 Å². The van der Waals surface area contributed by atoms with Crippen molar-refractivity contribution in [3.63, 3.8) is 0 Å². The first kappa shape index (κ1) is 16.2. The van der Waals surface area contributed by atoms with Gasteiger partial charge in [-0.05, 0) is 6.07 Å². The Bertz CT molecular complexity index is 807. The van der Waals surface area contributed by atoms with Crippen molar-refractivity contribution in [3.05, 3.63) is 41.5 Å². The summed E-state index contributed by atoms with van der Waals surface area (Å²) in [5, 5.41) is 5.85. The minimum absolute atomic E-state index is 0.254. The van der Waals surface area contributed by atoms with E-state index in [9.17, 15) is 4.39 Å². The van der Waals surface area contributed by atoms with Gasteiger partial charge >= 0.3 is 0 Å². The quantitative estimate of drug-likeness (QED) is 0.734. The molecule has 3 aromatic rings. The van der Waals surface area contributed by atoms with Crippen LogP contribution in [0.3, 0.4) is 0 Å². The molecule has 24 heavy (non-hydrogen) atoms. The molecule has 0 saturated heterocycles. The number of aromatic nitrogens is 5. The SMILES string of the molecule is CN(C)c1nc(NCCc2csc(-c3ncccn3)n2)ncc1F. The maximum Gasteiger partial charge on any atom is 0.224 e. The smallest absolute Gasteiger partial charge is 0.224 e. The molecule has 0 aromatic carbocycles. The Morgan fingerprint density at radius 3 is 2.71 bits per heavy atom. The van der Waals surface area contributed by atoms with Crippen LogP contribution in [0.4, 0.5) is 16.2 Å². The molecule has 0 saturated carbocycles. The van der Waals surface area contributed by atoms with Gasteiger partial charge in [-0.15, -0.1) is 11.3 Å². The molecule has 0 aliphatic carbocycles. The largest absolute Gasteiger partial charge is 0.360 e. The average molecular weight is 345 g/mol. The van der Waals surface area contributed by atoms with E-state index < -0.39 is 5.82 Å². The Morgan fingerprint density at radius 1 is 1.17 bits per heavy atom. The lowest BCUT2D eigenvalue weighted by Gasteiger charge is -2.13. The second kappa shape index (κ2) is 7.26. The van der Waals surface area contributed by atoms with E-state index in [1.54, 1.807) is 37.5 Å². The molecule has 0 unspecified atom stereocenters. The first-order valence-electron chi connectivity index (χ1n) is 7.29. The van der Waals surface area contributed by atoms with E-state index in [0.717, 1.165) is 10.7 Å². The summed E-state index contributed by atoms with van der Waals surface area (Å²) in [5.74, 6) is 0.823. The van der Waals surface area contributed by atoms with Crippen LogP contribution >= 0.6 is 11.3 Å². The molecule has 3 aromatic heterocycles. The fourth-order valence-corrected chi connectivity index (χ4v) is 2.79. The Morgan fingerprint density at radius 2 is 1.96 bits per heavy atom. The van der Waals surface area contributed by atoms with Crippen molar-refractivity contribution in [2.24, 2.45) is 0 Å². The van der Waals surface area contributed by atoms with Crippen molar-refractivity contribution in [1.82, 2.24) is 24.9 Å². The fourth-order valence-electron chi connectivity index (χ4n) is 1.99. The molecule has 7 nitrogen and oxygen atoms in total. The van der Waals surface area contributed by atoms with Gasteiger partial charge in [0.2, 0.25) is 5.95 Å². The van der Waals surface area contributed by atoms with Crippen LogP contribution < -0.4 is 10.2 Å². The minimum Gasteiger partial charge on any atom is -0.360 e. The molecule has 1 N–H and O–H groups in total. The summed E-state index contributed by atoms with van der Waals surface area (Å²) in [6.45, 7) is 0.595. The van der Waals surface area contributed by atoms with Gasteiger partial charge in [0.05, 0.1) is 11.9 Å². The number of nitrogens with one attached hydrogen (secondary N) is 1. The molecule has 0 aliphatic rings. The van der Waals surface area contributed by atoms with Crippen LogP contribution in [0.15, 0.2) is 30.0 Å². The third kappa shape index (κ3) is 3.80. The highest BCUT2D eigenvalue weighted by Gasteiger charge is 2.09. The third-order valence-electron chi connectivity index (χ3n) is 3.12. The predicted molar refractivity (Wildman–Crippen MR) is 91.7 cm³/mol. The summed E-state index contributed by atoms with van der Waals surface area (Å²) in [7, 11) is 3.47. The van der Waals surface area contributed by atoms with Crippen molar-refractivity contribution in [2.75, 3.05) is 30.9 Å². The second-order valence-electron chi connectivity index (χ2n) is 5.15. The highest BCUT2D eigenvalue weighted by molar-refractivity contribution is 7.13. The van der Waals surface area contributed by atoms with Crippen LogP contribution in [0.1, 0.15) is 5.69 Å². The van der Waals surface area contributed by atoms with E-state index in [-0.39, 0.29) is 5.82 Å². The van der Waals surface area contributed by atoms with E-state index in [0.29, 0.717) is 24.7 Å². The number of thiazole rings is 1. The molecule has 3 rings (SSSR count). The summed E-state index contributed by atoms with van der Waals surface area (Å²) >= 11 is 1.51. The van der Waals surface area contributed by atoms with Gasteiger partial charge in [-0.1, -0.05) is 0 Å². The maximum atomic E-state index is 13.6. The Kier molecular flexibility index (Phi) is 4.90. The molecule has 0 aliphatic heterocycles. The average Bonchev–Trinajstić information content (AvgIpc) is 3.06. The van der Waals surface area contributed by atoms with E-state index in [1.807, 2.05) is 5.38 Å². The summed E-state index contributed by atoms with van der Waals surface area (Å²) in [6.07, 6.45) is 5.25. The number of hydrogen-bond acceptors (Lipinski definition) is 8. The van der Waals surface area contributed by atoms with Crippen LogP contribution in [0.5, 0.6) is 0 Å². The lowest BCUT2D eigenvalue weighted by atomic mass is 10.3. The second-order valence-corrected chi connectivity index (χ2v) is 6.01. The van der Waals surface area contributed by atoms with E-state index in [4.69, 9.17) is 0 Å². The number of nitrogens with zero attached hydrogens (tertiary/aromatic N) is 6. The minimum atomic E-state index is -0.447. The normalized spacial score (nSPS) is 10.6. The Labute approximate surface area is 142 Å². The van der Waals surface area contributed by atoms with Gasteiger partial charge < -0.3 is 10.2 Å². The van der Waals surface area contributed by atoms with Gasteiger partial charge in [-0.2, -0.15) is 4.98 Å². The van der Waals surface area contributed by atoms with Gasteiger partial charge in [-0.25, -0.2) is 24.3 Å². The lowest BCUT2D eigenvalue weighted by Crippen LogP contribution is -2.15. The van der Waals surface area contributed by atoms with E-state index in [1.165, 1.54) is 17.5 Å². The topological polar surface area (TPSA) is 79.7 Å². The summed E-state index contributed by atoms with van der Waals surface area (Å²) < 4.78 is 13.6. The fraction of sp³-hybridized carbons (Fsp3) is 0.267. The van der Waals surface area contributed by atoms with Crippen molar-refractivity contribution in [1.29, 1.82) is 0 Å². The molecule has 9 heteroatoms. The number of rotatable bonds is 6. The van der Waals surface area contributed by atoms with Gasteiger partial charge in [0.25, 0.3) is 0 Å². The van der Waals surface area contributed by atoms with Gasteiger partial charge in [-0.3, -0.25) is 0 Å². The van der Waals surface area contributed by atoms with Crippen molar-refractivity contribution >= 4 is 23.1 Å². The van der Waals surface area contributed by atoms with Gasteiger partial charge in [0, 0.05) is 44.8 Å². The zero-order chi connectivity index (χ0) is 16.9. The summed E-state index contributed by atoms with van der Waals surface area (Å²) in [6, 6.07) is 1.77. The van der Waals surface area contributed by atoms with Crippen molar-refractivity contribution in [3.8, 4) is 10.8 Å². The molecule has 124 valence electrons. The zero-order valence-corrected chi connectivity index (χ0v) is 14.1. The molecule has 0 radical (unpaired) electrons. The first-order valence-corrected chi connectivity index (χ1v) is 8.17. The van der Waals surface area contributed by atoms with Crippen LogP contribution in [0, 0.1) is 5.82 Å². The molecule has 0 spiro atoms. The number of anilines is 2. The van der Waals surface area contributed by atoms with Gasteiger partial charge in [0.1, 0.15) is 0 Å².